The van der Waals surface area contributed by atoms with E-state index in [9.17, 15) is 0 Å². The monoisotopic (exact) mass is 118 g/mol. The first-order valence-electron chi connectivity index (χ1n) is 2.82. The molecular formula is C7H6N2. The van der Waals surface area contributed by atoms with Crippen molar-refractivity contribution in [2.45, 2.75) is 0 Å². The highest BCUT2D eigenvalue weighted by atomic mass is 15.0. The third kappa shape index (κ3) is 0.470. The molecule has 0 amide bonds. The standard InChI is InChI=1S/C7H6N2/c8-7-4-3-6-2-1-5-9(6)7/h1-5,8H. The van der Waals surface area contributed by atoms with Crippen molar-refractivity contribution in [3.05, 3.63) is 30.1 Å². The van der Waals surface area contributed by atoms with Gasteiger partial charge in [0.15, 0.2) is 0 Å². The van der Waals surface area contributed by atoms with Gasteiger partial charge in [-0.05, 0) is 24.3 Å². The lowest BCUT2D eigenvalue weighted by molar-refractivity contribution is 1.15. The third-order valence-corrected chi connectivity index (χ3v) is 1.45. The number of aromatic nitrogens is 1. The lowest BCUT2D eigenvalue weighted by Crippen LogP contribution is -2.00. The van der Waals surface area contributed by atoms with Crippen molar-refractivity contribution in [1.29, 1.82) is 5.41 Å². The molecule has 0 bridgehead atoms. The van der Waals surface area contributed by atoms with Gasteiger partial charge in [-0.25, -0.2) is 0 Å². The highest BCUT2D eigenvalue weighted by Crippen LogP contribution is 2.10. The zero-order valence-corrected chi connectivity index (χ0v) is 4.83. The molecule has 2 heteroatoms. The van der Waals surface area contributed by atoms with Crippen molar-refractivity contribution in [3.63, 3.8) is 0 Å². The van der Waals surface area contributed by atoms with Gasteiger partial charge < -0.3 is 4.57 Å². The molecular weight excluding hydrogens is 112 g/mol. The smallest absolute Gasteiger partial charge is 0.129 e. The summed E-state index contributed by atoms with van der Waals surface area (Å²) in [6.07, 6.45) is 5.61. The van der Waals surface area contributed by atoms with Gasteiger partial charge in [0, 0.05) is 11.9 Å². The maximum atomic E-state index is 7.32. The first kappa shape index (κ1) is 4.56. The minimum absolute atomic E-state index is 0.551. The largest absolute Gasteiger partial charge is 0.302 e. The summed E-state index contributed by atoms with van der Waals surface area (Å²) in [7, 11) is 0. The van der Waals surface area contributed by atoms with Gasteiger partial charge in [0.2, 0.25) is 0 Å². The summed E-state index contributed by atoms with van der Waals surface area (Å²) in [5, 5.41) is 7.32. The minimum Gasteiger partial charge on any atom is -0.302 e. The van der Waals surface area contributed by atoms with E-state index in [0.29, 0.717) is 5.84 Å². The molecule has 1 aliphatic heterocycles. The molecule has 0 aromatic carbocycles. The molecule has 1 aromatic heterocycles. The topological polar surface area (TPSA) is 28.8 Å². The first-order valence-corrected chi connectivity index (χ1v) is 2.82. The van der Waals surface area contributed by atoms with Gasteiger partial charge in [0.1, 0.15) is 5.84 Å². The van der Waals surface area contributed by atoms with Crippen LogP contribution in [0.3, 0.4) is 0 Å². The maximum Gasteiger partial charge on any atom is 0.129 e. The van der Waals surface area contributed by atoms with Crippen LogP contribution in [0.5, 0.6) is 0 Å². The molecule has 2 heterocycles. The van der Waals surface area contributed by atoms with Crippen molar-refractivity contribution in [1.82, 2.24) is 4.57 Å². The summed E-state index contributed by atoms with van der Waals surface area (Å²) in [5.41, 5.74) is 1.10. The van der Waals surface area contributed by atoms with E-state index < -0.39 is 0 Å². The van der Waals surface area contributed by atoms with E-state index in [-0.39, 0.29) is 0 Å². The fraction of sp³-hybridized carbons (Fsp3) is 0. The van der Waals surface area contributed by atoms with Crippen LogP contribution in [0, 0.1) is 5.41 Å². The Labute approximate surface area is 52.9 Å². The fourth-order valence-corrected chi connectivity index (χ4v) is 0.994. The molecule has 0 saturated carbocycles. The van der Waals surface area contributed by atoms with Crippen LogP contribution < -0.4 is 0 Å². The average Bonchev–Trinajstić information content (AvgIpc) is 2.35. The van der Waals surface area contributed by atoms with Gasteiger partial charge in [-0.15, -0.1) is 0 Å². The Morgan fingerprint density at radius 3 is 3.00 bits per heavy atom. The van der Waals surface area contributed by atoms with Gasteiger partial charge in [0.05, 0.1) is 0 Å². The van der Waals surface area contributed by atoms with Gasteiger partial charge in [0.25, 0.3) is 0 Å². The Kier molecular flexibility index (Phi) is 0.681. The van der Waals surface area contributed by atoms with E-state index in [1.54, 1.807) is 6.08 Å². The van der Waals surface area contributed by atoms with Crippen LogP contribution in [0.2, 0.25) is 0 Å². The molecule has 9 heavy (non-hydrogen) atoms. The predicted molar refractivity (Wildman–Crippen MR) is 36.6 cm³/mol. The summed E-state index contributed by atoms with van der Waals surface area (Å²) in [6, 6.07) is 3.92. The zero-order chi connectivity index (χ0) is 6.27. The Bertz CT molecular complexity index is 281. The molecule has 0 radical (unpaired) electrons. The Morgan fingerprint density at radius 1 is 1.33 bits per heavy atom. The Hall–Kier alpha value is -1.31. The number of allylic oxidation sites excluding steroid dienone is 1. The number of rotatable bonds is 0. The lowest BCUT2D eigenvalue weighted by Gasteiger charge is -1.93. The number of fused-ring (bicyclic) bond motifs is 1. The van der Waals surface area contributed by atoms with Gasteiger partial charge in [-0.1, -0.05) is 0 Å². The van der Waals surface area contributed by atoms with Crippen LogP contribution >= 0.6 is 0 Å². The summed E-state index contributed by atoms with van der Waals surface area (Å²) in [6.45, 7) is 0. The molecule has 0 unspecified atom stereocenters. The lowest BCUT2D eigenvalue weighted by atomic mass is 10.4. The van der Waals surface area contributed by atoms with Crippen LogP contribution in [-0.4, -0.2) is 10.4 Å². The van der Waals surface area contributed by atoms with E-state index in [4.69, 9.17) is 5.41 Å². The molecule has 1 N–H and O–H groups in total. The molecule has 0 saturated heterocycles. The highest BCUT2D eigenvalue weighted by molar-refractivity contribution is 6.01. The number of nitrogens with zero attached hydrogens (tertiary/aromatic N) is 1. The molecule has 2 rings (SSSR count). The first-order chi connectivity index (χ1) is 4.38. The summed E-state index contributed by atoms with van der Waals surface area (Å²) in [4.78, 5) is 0. The van der Waals surface area contributed by atoms with Crippen molar-refractivity contribution in [2.75, 3.05) is 0 Å². The molecule has 0 atom stereocenters. The van der Waals surface area contributed by atoms with E-state index in [1.165, 1.54) is 0 Å². The van der Waals surface area contributed by atoms with Crippen LogP contribution in [0.25, 0.3) is 6.08 Å². The normalized spacial score (nSPS) is 14.4. The second kappa shape index (κ2) is 1.35. The molecule has 1 aromatic rings. The maximum absolute atomic E-state index is 7.32. The molecule has 0 spiro atoms. The van der Waals surface area contributed by atoms with Crippen LogP contribution in [-0.2, 0) is 0 Å². The van der Waals surface area contributed by atoms with Crippen LogP contribution in [0.1, 0.15) is 5.69 Å². The second-order valence-corrected chi connectivity index (χ2v) is 2.02. The van der Waals surface area contributed by atoms with E-state index in [1.807, 2.05) is 29.0 Å². The van der Waals surface area contributed by atoms with Gasteiger partial charge >= 0.3 is 0 Å². The second-order valence-electron chi connectivity index (χ2n) is 2.02. The molecule has 0 fully saturated rings. The quantitative estimate of drug-likeness (QED) is 0.532. The number of nitrogens with one attached hydrogen (secondary N) is 1. The minimum atomic E-state index is 0.551. The van der Waals surface area contributed by atoms with Crippen molar-refractivity contribution in [3.8, 4) is 0 Å². The van der Waals surface area contributed by atoms with Crippen molar-refractivity contribution in [2.24, 2.45) is 0 Å². The van der Waals surface area contributed by atoms with Crippen LogP contribution in [0.4, 0.5) is 0 Å². The van der Waals surface area contributed by atoms with E-state index in [0.717, 1.165) is 5.69 Å². The SMILES string of the molecule is N=C1C=Cc2cccn21. The molecule has 0 aliphatic carbocycles. The third-order valence-electron chi connectivity index (χ3n) is 1.45. The highest BCUT2D eigenvalue weighted by Gasteiger charge is 2.05. The molecule has 1 aliphatic rings. The van der Waals surface area contributed by atoms with Crippen LogP contribution in [0.15, 0.2) is 24.4 Å². The number of hydrogen-bond acceptors (Lipinski definition) is 1. The summed E-state index contributed by atoms with van der Waals surface area (Å²) in [5.74, 6) is 0.551. The fourth-order valence-electron chi connectivity index (χ4n) is 0.994. The predicted octanol–water partition coefficient (Wildman–Crippen LogP) is 1.34. The Morgan fingerprint density at radius 2 is 2.22 bits per heavy atom. The van der Waals surface area contributed by atoms with Crippen molar-refractivity contribution >= 4 is 11.9 Å². The van der Waals surface area contributed by atoms with Gasteiger partial charge in [-0.2, -0.15) is 0 Å². The van der Waals surface area contributed by atoms with E-state index in [2.05, 4.69) is 0 Å². The molecule has 2 nitrogen and oxygen atoms in total. The summed E-state index contributed by atoms with van der Waals surface area (Å²) >= 11 is 0. The summed E-state index contributed by atoms with van der Waals surface area (Å²) < 4.78 is 1.83. The zero-order valence-electron chi connectivity index (χ0n) is 4.83. The average molecular weight is 118 g/mol. The Balaban J connectivity index is 2.73. The molecule has 44 valence electrons. The van der Waals surface area contributed by atoms with Crippen molar-refractivity contribution < 1.29 is 0 Å². The van der Waals surface area contributed by atoms with Gasteiger partial charge in [-0.3, -0.25) is 5.41 Å². The number of hydrogen-bond donors (Lipinski definition) is 1. The van der Waals surface area contributed by atoms with E-state index >= 15 is 0 Å².